The minimum atomic E-state index is -1.28. The largest absolute Gasteiger partial charge is 0.507 e. The van der Waals surface area contributed by atoms with E-state index < -0.39 is 17.4 Å². The molecule has 0 aliphatic heterocycles. The maximum atomic E-state index is 13.1. The molecule has 2 aliphatic carbocycles. The highest BCUT2D eigenvalue weighted by Gasteiger charge is 2.43. The molecule has 0 unspecified atom stereocenters. The Balaban J connectivity index is 2.02. The standard InChI is InChI=1S/C22H23NO4/c1-14-8-6-7-11-16(14)21(26)20-17(13-24)22(2,23)19(12-18(20)25)27-15-9-4-3-5-10-15/h3-5,7,9-13,19,25H,6,8,23H2,1-2H3/t19-,22-/m0/s1. The Morgan fingerprint density at radius 3 is 2.67 bits per heavy atom. The highest BCUT2D eigenvalue weighted by molar-refractivity contribution is 6.16. The van der Waals surface area contributed by atoms with Gasteiger partial charge in [0.25, 0.3) is 0 Å². The van der Waals surface area contributed by atoms with Gasteiger partial charge in [-0.05, 0) is 38.8 Å². The molecule has 0 radical (unpaired) electrons. The predicted molar refractivity (Wildman–Crippen MR) is 103 cm³/mol. The van der Waals surface area contributed by atoms with Gasteiger partial charge in [0, 0.05) is 17.2 Å². The third-order valence-corrected chi connectivity index (χ3v) is 5.03. The van der Waals surface area contributed by atoms with Crippen LogP contribution >= 0.6 is 0 Å². The van der Waals surface area contributed by atoms with Gasteiger partial charge in [-0.1, -0.05) is 35.9 Å². The van der Waals surface area contributed by atoms with Gasteiger partial charge in [-0.25, -0.2) is 0 Å². The number of aliphatic hydroxyl groups excluding tert-OH is 1. The number of carbonyl (C=O) groups is 2. The summed E-state index contributed by atoms with van der Waals surface area (Å²) in [6.07, 6.45) is 6.43. The number of hydrogen-bond acceptors (Lipinski definition) is 5. The van der Waals surface area contributed by atoms with E-state index in [9.17, 15) is 14.7 Å². The Hall–Kier alpha value is -2.92. The second-order valence-electron chi connectivity index (χ2n) is 7.06. The number of ether oxygens (including phenoxy) is 1. The monoisotopic (exact) mass is 365 g/mol. The molecule has 0 aromatic heterocycles. The molecule has 5 heteroatoms. The number of para-hydroxylation sites is 1. The van der Waals surface area contributed by atoms with Crippen molar-refractivity contribution in [2.24, 2.45) is 5.73 Å². The maximum Gasteiger partial charge on any atom is 0.197 e. The number of Topliss-reactive ketones (excluding diaryl/α,β-unsaturated/α-hetero) is 1. The van der Waals surface area contributed by atoms with Crippen molar-refractivity contribution in [1.29, 1.82) is 0 Å². The van der Waals surface area contributed by atoms with Crippen molar-refractivity contribution in [3.8, 4) is 5.75 Å². The Morgan fingerprint density at radius 1 is 1.33 bits per heavy atom. The van der Waals surface area contributed by atoms with E-state index in [0.29, 0.717) is 17.6 Å². The summed E-state index contributed by atoms with van der Waals surface area (Å²) in [6.45, 7) is 3.50. The minimum Gasteiger partial charge on any atom is -0.507 e. The average molecular weight is 365 g/mol. The zero-order valence-corrected chi connectivity index (χ0v) is 15.4. The average Bonchev–Trinajstić information content (AvgIpc) is 2.65. The summed E-state index contributed by atoms with van der Waals surface area (Å²) in [4.78, 5) is 25.0. The summed E-state index contributed by atoms with van der Waals surface area (Å²) in [7, 11) is 0. The van der Waals surface area contributed by atoms with Crippen LogP contribution in [0.25, 0.3) is 0 Å². The quantitative estimate of drug-likeness (QED) is 0.781. The SMILES string of the molecule is CC1=C(C(=O)C2=C(C=O)[C@](C)(N)[C@@H](Oc3ccccc3)C=C2O)C=CCC1. The molecule has 0 saturated carbocycles. The number of ketones is 1. The lowest BCUT2D eigenvalue weighted by molar-refractivity contribution is -0.113. The van der Waals surface area contributed by atoms with E-state index in [1.165, 1.54) is 6.08 Å². The number of carbonyl (C=O) groups excluding carboxylic acids is 2. The van der Waals surface area contributed by atoms with Gasteiger partial charge >= 0.3 is 0 Å². The summed E-state index contributed by atoms with van der Waals surface area (Å²) in [5, 5.41) is 10.6. The Kier molecular flexibility index (Phi) is 5.15. The van der Waals surface area contributed by atoms with Crippen molar-refractivity contribution in [2.45, 2.75) is 38.3 Å². The lowest BCUT2D eigenvalue weighted by atomic mass is 9.76. The third-order valence-electron chi connectivity index (χ3n) is 5.03. The van der Waals surface area contributed by atoms with E-state index >= 15 is 0 Å². The lowest BCUT2D eigenvalue weighted by Crippen LogP contribution is -2.54. The van der Waals surface area contributed by atoms with Crippen molar-refractivity contribution < 1.29 is 19.4 Å². The zero-order chi connectivity index (χ0) is 19.6. The molecule has 0 heterocycles. The van der Waals surface area contributed by atoms with Crippen LogP contribution in [0, 0.1) is 0 Å². The minimum absolute atomic E-state index is 0.0349. The van der Waals surface area contributed by atoms with Crippen LogP contribution in [0.4, 0.5) is 0 Å². The molecular weight excluding hydrogens is 342 g/mol. The van der Waals surface area contributed by atoms with E-state index in [4.69, 9.17) is 10.5 Å². The molecule has 2 aliphatic rings. The van der Waals surface area contributed by atoms with E-state index in [0.717, 1.165) is 18.4 Å². The molecule has 3 rings (SSSR count). The van der Waals surface area contributed by atoms with Gasteiger partial charge in [0.2, 0.25) is 0 Å². The van der Waals surface area contributed by atoms with Crippen LogP contribution in [0.3, 0.4) is 0 Å². The van der Waals surface area contributed by atoms with Crippen molar-refractivity contribution >= 4 is 12.1 Å². The van der Waals surface area contributed by atoms with Crippen molar-refractivity contribution in [1.82, 2.24) is 0 Å². The predicted octanol–water partition coefficient (Wildman–Crippen LogP) is 3.34. The molecule has 0 amide bonds. The van der Waals surface area contributed by atoms with Crippen LogP contribution in [-0.2, 0) is 9.59 Å². The topological polar surface area (TPSA) is 89.6 Å². The summed E-state index contributed by atoms with van der Waals surface area (Å²) >= 11 is 0. The van der Waals surface area contributed by atoms with Crippen molar-refractivity contribution in [3.63, 3.8) is 0 Å². The van der Waals surface area contributed by atoms with Gasteiger partial charge in [-0.3, -0.25) is 9.59 Å². The van der Waals surface area contributed by atoms with Gasteiger partial charge in [0.15, 0.2) is 5.78 Å². The van der Waals surface area contributed by atoms with Crippen LogP contribution in [-0.4, -0.2) is 28.8 Å². The lowest BCUT2D eigenvalue weighted by Gasteiger charge is -2.37. The zero-order valence-electron chi connectivity index (χ0n) is 15.4. The van der Waals surface area contributed by atoms with Gasteiger partial charge in [-0.2, -0.15) is 0 Å². The molecular formula is C22H23NO4. The van der Waals surface area contributed by atoms with Gasteiger partial charge < -0.3 is 15.6 Å². The maximum absolute atomic E-state index is 13.1. The van der Waals surface area contributed by atoms with E-state index in [1.807, 2.05) is 31.2 Å². The molecule has 0 spiro atoms. The molecule has 5 nitrogen and oxygen atoms in total. The Morgan fingerprint density at radius 2 is 2.04 bits per heavy atom. The fraction of sp³-hybridized carbons (Fsp3) is 0.273. The number of allylic oxidation sites excluding steroid dienone is 5. The van der Waals surface area contributed by atoms with Crippen LogP contribution < -0.4 is 10.5 Å². The molecule has 0 bridgehead atoms. The van der Waals surface area contributed by atoms with Gasteiger partial charge in [0.1, 0.15) is 23.9 Å². The first-order chi connectivity index (χ1) is 12.9. The molecule has 140 valence electrons. The van der Waals surface area contributed by atoms with Crippen LogP contribution in [0.1, 0.15) is 26.7 Å². The van der Waals surface area contributed by atoms with Crippen LogP contribution in [0.15, 0.2) is 76.6 Å². The molecule has 1 aromatic rings. The highest BCUT2D eigenvalue weighted by Crippen LogP contribution is 2.35. The fourth-order valence-electron chi connectivity index (χ4n) is 3.37. The number of benzene rings is 1. The normalized spacial score (nSPS) is 25.3. The summed E-state index contributed by atoms with van der Waals surface area (Å²) in [5.74, 6) is -0.128. The van der Waals surface area contributed by atoms with E-state index in [-0.39, 0.29) is 16.9 Å². The number of hydrogen-bond donors (Lipinski definition) is 2. The molecule has 1 aromatic carbocycles. The smallest absolute Gasteiger partial charge is 0.197 e. The number of nitrogens with two attached hydrogens (primary N) is 1. The summed E-state index contributed by atoms with van der Waals surface area (Å²) in [6, 6.07) is 8.99. The number of aliphatic hydroxyl groups is 1. The third kappa shape index (κ3) is 3.51. The molecule has 0 saturated heterocycles. The van der Waals surface area contributed by atoms with Crippen molar-refractivity contribution in [2.75, 3.05) is 0 Å². The first-order valence-electron chi connectivity index (χ1n) is 8.89. The summed E-state index contributed by atoms with van der Waals surface area (Å²) in [5.41, 5.74) is 6.55. The Bertz CT molecular complexity index is 888. The van der Waals surface area contributed by atoms with Gasteiger partial charge in [0.05, 0.1) is 11.1 Å². The fourth-order valence-corrected chi connectivity index (χ4v) is 3.37. The van der Waals surface area contributed by atoms with E-state index in [2.05, 4.69) is 0 Å². The van der Waals surface area contributed by atoms with Crippen LogP contribution in [0.2, 0.25) is 0 Å². The molecule has 3 N–H and O–H groups in total. The highest BCUT2D eigenvalue weighted by atomic mass is 16.5. The summed E-state index contributed by atoms with van der Waals surface area (Å²) < 4.78 is 5.88. The molecule has 27 heavy (non-hydrogen) atoms. The van der Waals surface area contributed by atoms with Crippen LogP contribution in [0.5, 0.6) is 5.75 Å². The second kappa shape index (κ2) is 7.37. The van der Waals surface area contributed by atoms with Crippen molar-refractivity contribution in [3.05, 3.63) is 76.6 Å². The molecule has 0 fully saturated rings. The first-order valence-corrected chi connectivity index (χ1v) is 8.89. The van der Waals surface area contributed by atoms with E-state index in [1.54, 1.807) is 25.1 Å². The van der Waals surface area contributed by atoms with Gasteiger partial charge in [-0.15, -0.1) is 0 Å². The second-order valence-corrected chi connectivity index (χ2v) is 7.06. The number of aldehydes is 1. The number of rotatable bonds is 5. The first kappa shape index (κ1) is 18.9. The Labute approximate surface area is 158 Å². The molecule has 2 atom stereocenters.